The molecule has 20 heavy (non-hydrogen) atoms. The van der Waals surface area contributed by atoms with Crippen molar-refractivity contribution in [3.05, 3.63) is 41.2 Å². The van der Waals surface area contributed by atoms with Gasteiger partial charge in [0.1, 0.15) is 0 Å². The van der Waals surface area contributed by atoms with Gasteiger partial charge in [-0.05, 0) is 18.9 Å². The van der Waals surface area contributed by atoms with Crippen molar-refractivity contribution in [2.45, 2.75) is 31.8 Å². The highest BCUT2D eigenvalue weighted by molar-refractivity contribution is 8.93. The fraction of sp³-hybridized carbons (Fsp3) is 0.357. The second-order valence-electron chi connectivity index (χ2n) is 4.66. The van der Waals surface area contributed by atoms with E-state index in [0.29, 0.717) is 0 Å². The molecular weight excluding hydrogens is 336 g/mol. The number of benzene rings is 1. The van der Waals surface area contributed by atoms with E-state index in [1.807, 2.05) is 4.68 Å². The van der Waals surface area contributed by atoms with Crippen molar-refractivity contribution in [2.75, 3.05) is 5.75 Å². The molecule has 1 aliphatic heterocycles. The van der Waals surface area contributed by atoms with Gasteiger partial charge in [0.15, 0.2) is 5.82 Å². The van der Waals surface area contributed by atoms with Crippen molar-refractivity contribution in [1.29, 1.82) is 0 Å². The van der Waals surface area contributed by atoms with Gasteiger partial charge >= 0.3 is 0 Å². The molecule has 0 fully saturated rings. The average Bonchev–Trinajstić information content (AvgIpc) is 2.83. The molecule has 0 bridgehead atoms. The Morgan fingerprint density at radius 2 is 1.95 bits per heavy atom. The molecule has 0 saturated carbocycles. The standard InChI is InChI=1S/C14H16N4S.BrH/c1-3-4-13-15-16-14-18(13)17-12(9-19-14)11-7-5-10(2)6-8-11;/h5-8H,3-4,9H2,1-2H3;1H. The molecule has 1 aromatic carbocycles. The lowest BCUT2D eigenvalue weighted by Crippen LogP contribution is -2.14. The topological polar surface area (TPSA) is 43.1 Å². The van der Waals surface area contributed by atoms with Gasteiger partial charge in [-0.3, -0.25) is 0 Å². The number of fused-ring (bicyclic) bond motifs is 1. The van der Waals surface area contributed by atoms with Crippen LogP contribution >= 0.6 is 28.7 Å². The first kappa shape index (κ1) is 15.3. The molecule has 1 aliphatic rings. The highest BCUT2D eigenvalue weighted by Gasteiger charge is 2.19. The summed E-state index contributed by atoms with van der Waals surface area (Å²) >= 11 is 1.70. The number of hydrogen-bond acceptors (Lipinski definition) is 4. The van der Waals surface area contributed by atoms with E-state index in [4.69, 9.17) is 5.10 Å². The molecule has 0 atom stereocenters. The van der Waals surface area contributed by atoms with Gasteiger partial charge in [-0.2, -0.15) is 9.78 Å². The molecule has 2 heterocycles. The number of rotatable bonds is 3. The summed E-state index contributed by atoms with van der Waals surface area (Å²) in [6.07, 6.45) is 1.97. The zero-order valence-corrected chi connectivity index (χ0v) is 14.1. The van der Waals surface area contributed by atoms with E-state index in [1.165, 1.54) is 11.1 Å². The largest absolute Gasteiger partial charge is 0.212 e. The summed E-state index contributed by atoms with van der Waals surface area (Å²) in [6, 6.07) is 8.50. The predicted molar refractivity (Wildman–Crippen MR) is 88.2 cm³/mol. The number of thioether (sulfide) groups is 1. The molecule has 2 aromatic rings. The maximum absolute atomic E-state index is 4.71. The van der Waals surface area contributed by atoms with Crippen LogP contribution < -0.4 is 0 Å². The first-order valence-electron chi connectivity index (χ1n) is 6.50. The highest BCUT2D eigenvalue weighted by atomic mass is 79.9. The van der Waals surface area contributed by atoms with E-state index in [1.54, 1.807) is 11.8 Å². The Balaban J connectivity index is 0.00000147. The van der Waals surface area contributed by atoms with Gasteiger partial charge in [0.25, 0.3) is 0 Å². The maximum atomic E-state index is 4.71. The zero-order valence-electron chi connectivity index (χ0n) is 11.5. The molecule has 1 aromatic heterocycles. The Kier molecular flexibility index (Phi) is 4.99. The number of aromatic nitrogens is 3. The van der Waals surface area contributed by atoms with Crippen LogP contribution in [-0.2, 0) is 6.42 Å². The van der Waals surface area contributed by atoms with E-state index < -0.39 is 0 Å². The van der Waals surface area contributed by atoms with Crippen molar-refractivity contribution in [1.82, 2.24) is 14.9 Å². The minimum atomic E-state index is 0. The van der Waals surface area contributed by atoms with Crippen molar-refractivity contribution in [3.63, 3.8) is 0 Å². The lowest BCUT2D eigenvalue weighted by atomic mass is 10.1. The lowest BCUT2D eigenvalue weighted by molar-refractivity contribution is 0.693. The number of nitrogens with zero attached hydrogens (tertiary/aromatic N) is 4. The molecule has 0 amide bonds. The third kappa shape index (κ3) is 2.96. The zero-order chi connectivity index (χ0) is 13.2. The summed E-state index contributed by atoms with van der Waals surface area (Å²) in [5.74, 6) is 1.81. The van der Waals surface area contributed by atoms with Crippen molar-refractivity contribution >= 4 is 34.5 Å². The van der Waals surface area contributed by atoms with Crippen LogP contribution in [-0.4, -0.2) is 26.3 Å². The summed E-state index contributed by atoms with van der Waals surface area (Å²) in [5, 5.41) is 14.0. The molecule has 0 unspecified atom stereocenters. The molecule has 4 nitrogen and oxygen atoms in total. The molecule has 3 rings (SSSR count). The normalized spacial score (nSPS) is 13.4. The van der Waals surface area contributed by atoms with E-state index in [0.717, 1.165) is 35.3 Å². The Hall–Kier alpha value is -1.14. The van der Waals surface area contributed by atoms with E-state index in [9.17, 15) is 0 Å². The Morgan fingerprint density at radius 3 is 2.65 bits per heavy atom. The summed E-state index contributed by atoms with van der Waals surface area (Å²) in [6.45, 7) is 4.24. The first-order valence-corrected chi connectivity index (χ1v) is 7.48. The van der Waals surface area contributed by atoms with Crippen LogP contribution in [0.3, 0.4) is 0 Å². The first-order chi connectivity index (χ1) is 9.28. The Bertz CT molecular complexity index is 619. The third-order valence-electron chi connectivity index (χ3n) is 3.09. The second kappa shape index (κ2) is 6.54. The minimum Gasteiger partial charge on any atom is -0.191 e. The van der Waals surface area contributed by atoms with Gasteiger partial charge in [0, 0.05) is 12.2 Å². The molecular formula is C14H17BrN4S. The monoisotopic (exact) mass is 352 g/mol. The van der Waals surface area contributed by atoms with Crippen LogP contribution in [0.15, 0.2) is 34.5 Å². The molecule has 0 N–H and O–H groups in total. The minimum absolute atomic E-state index is 0. The van der Waals surface area contributed by atoms with Crippen LogP contribution in [0, 0.1) is 6.92 Å². The SMILES string of the molecule is Br.CCCc1nnc2n1N=C(c1ccc(C)cc1)CS2. The number of halogens is 1. The molecule has 106 valence electrons. The molecule has 0 saturated heterocycles. The van der Waals surface area contributed by atoms with Crippen LogP contribution in [0.4, 0.5) is 0 Å². The number of aryl methyl sites for hydroxylation is 2. The van der Waals surface area contributed by atoms with Gasteiger partial charge in [0.05, 0.1) is 5.71 Å². The van der Waals surface area contributed by atoms with Crippen molar-refractivity contribution < 1.29 is 0 Å². The van der Waals surface area contributed by atoms with Gasteiger partial charge in [-0.25, -0.2) is 0 Å². The second-order valence-corrected chi connectivity index (χ2v) is 5.60. The number of hydrogen-bond donors (Lipinski definition) is 0. The van der Waals surface area contributed by atoms with E-state index >= 15 is 0 Å². The molecule has 0 radical (unpaired) electrons. The Labute approximate surface area is 133 Å². The fourth-order valence-electron chi connectivity index (χ4n) is 2.04. The summed E-state index contributed by atoms with van der Waals surface area (Å²) < 4.78 is 1.90. The summed E-state index contributed by atoms with van der Waals surface area (Å²) in [5.41, 5.74) is 3.54. The molecule has 6 heteroatoms. The Morgan fingerprint density at radius 1 is 1.20 bits per heavy atom. The van der Waals surface area contributed by atoms with Gasteiger partial charge in [-0.1, -0.05) is 48.5 Å². The fourth-order valence-corrected chi connectivity index (χ4v) is 2.89. The van der Waals surface area contributed by atoms with Gasteiger partial charge < -0.3 is 0 Å². The third-order valence-corrected chi connectivity index (χ3v) is 4.02. The van der Waals surface area contributed by atoms with Crippen molar-refractivity contribution in [3.8, 4) is 0 Å². The van der Waals surface area contributed by atoms with Crippen LogP contribution in [0.1, 0.15) is 30.3 Å². The predicted octanol–water partition coefficient (Wildman–Crippen LogP) is 3.48. The van der Waals surface area contributed by atoms with Crippen LogP contribution in [0.2, 0.25) is 0 Å². The average molecular weight is 353 g/mol. The van der Waals surface area contributed by atoms with Crippen molar-refractivity contribution in [2.24, 2.45) is 5.10 Å². The van der Waals surface area contributed by atoms with Gasteiger partial charge in [-0.15, -0.1) is 27.2 Å². The van der Waals surface area contributed by atoms with Gasteiger partial charge in [0.2, 0.25) is 5.16 Å². The molecule has 0 aliphatic carbocycles. The lowest BCUT2D eigenvalue weighted by Gasteiger charge is -2.13. The summed E-state index contributed by atoms with van der Waals surface area (Å²) in [4.78, 5) is 0. The summed E-state index contributed by atoms with van der Waals surface area (Å²) in [7, 11) is 0. The quantitative estimate of drug-likeness (QED) is 0.849. The van der Waals surface area contributed by atoms with E-state index in [2.05, 4.69) is 48.3 Å². The smallest absolute Gasteiger partial charge is 0.191 e. The van der Waals surface area contributed by atoms with Crippen LogP contribution in [0.25, 0.3) is 0 Å². The molecule has 0 spiro atoms. The van der Waals surface area contributed by atoms with Crippen LogP contribution in [0.5, 0.6) is 0 Å². The highest BCUT2D eigenvalue weighted by Crippen LogP contribution is 2.24. The maximum Gasteiger partial charge on any atom is 0.212 e. The van der Waals surface area contributed by atoms with E-state index in [-0.39, 0.29) is 17.0 Å².